The molecular weight excluding hydrogens is 488 g/mol. The number of rotatable bonds is 9. The van der Waals surface area contributed by atoms with E-state index in [-0.39, 0.29) is 11.3 Å². The second-order valence-electron chi connectivity index (χ2n) is 10.1. The number of ether oxygens (including phenoxy) is 2. The molecule has 2 aromatic rings. The van der Waals surface area contributed by atoms with Gasteiger partial charge in [-0.15, -0.1) is 0 Å². The number of hydrogen-bond acceptors (Lipinski definition) is 7. The first-order valence-corrected chi connectivity index (χ1v) is 12.2. The van der Waals surface area contributed by atoms with Gasteiger partial charge in [0, 0.05) is 11.3 Å². The van der Waals surface area contributed by atoms with Gasteiger partial charge in [-0.2, -0.15) is 5.26 Å². The maximum Gasteiger partial charge on any atom is 0.408 e. The summed E-state index contributed by atoms with van der Waals surface area (Å²) in [5.74, 6) is -1.33. The minimum absolute atomic E-state index is 0.138. The Hall–Kier alpha value is -4.26. The van der Waals surface area contributed by atoms with Crippen LogP contribution in [0.4, 0.5) is 10.5 Å². The molecule has 0 aliphatic rings. The Kier molecular flexibility index (Phi) is 10.1. The van der Waals surface area contributed by atoms with Crippen LogP contribution in [-0.2, 0) is 14.3 Å². The van der Waals surface area contributed by atoms with E-state index in [2.05, 4.69) is 10.6 Å². The average Bonchev–Trinajstić information content (AvgIpc) is 2.83. The van der Waals surface area contributed by atoms with Crippen molar-refractivity contribution < 1.29 is 29.0 Å². The van der Waals surface area contributed by atoms with Crippen molar-refractivity contribution in [2.75, 3.05) is 19.0 Å². The number of carbonyl (C=O) groups excluding carboxylic acids is 3. The number of para-hydroxylation sites is 1. The molecule has 3 amide bonds. The summed E-state index contributed by atoms with van der Waals surface area (Å²) in [7, 11) is 1.52. The van der Waals surface area contributed by atoms with Crippen LogP contribution in [0.15, 0.2) is 42.5 Å². The summed E-state index contributed by atoms with van der Waals surface area (Å²) in [5.41, 5.74) is 0.250. The first-order valence-electron chi connectivity index (χ1n) is 12.2. The Bertz CT molecular complexity index is 1180. The lowest BCUT2D eigenvalue weighted by Gasteiger charge is -2.34. The summed E-state index contributed by atoms with van der Waals surface area (Å²) in [6.45, 7) is 9.71. The molecule has 0 aliphatic heterocycles. The third-order valence-corrected chi connectivity index (χ3v) is 5.61. The second kappa shape index (κ2) is 12.8. The quantitative estimate of drug-likeness (QED) is 0.416. The monoisotopic (exact) mass is 524 g/mol. The second-order valence-corrected chi connectivity index (χ2v) is 10.1. The van der Waals surface area contributed by atoms with Crippen molar-refractivity contribution in [3.8, 4) is 17.6 Å². The largest absolute Gasteiger partial charge is 0.507 e. The van der Waals surface area contributed by atoms with E-state index in [9.17, 15) is 24.8 Å². The molecule has 2 unspecified atom stereocenters. The van der Waals surface area contributed by atoms with Crippen molar-refractivity contribution in [2.45, 2.75) is 59.2 Å². The zero-order valence-electron chi connectivity index (χ0n) is 22.9. The van der Waals surface area contributed by atoms with E-state index in [0.717, 1.165) is 4.90 Å². The third kappa shape index (κ3) is 7.87. The van der Waals surface area contributed by atoms with Gasteiger partial charge in [0.15, 0.2) is 0 Å². The summed E-state index contributed by atoms with van der Waals surface area (Å²) in [5, 5.41) is 25.8. The predicted octanol–water partition coefficient (Wildman–Crippen LogP) is 4.29. The van der Waals surface area contributed by atoms with E-state index in [1.807, 2.05) is 6.07 Å². The van der Waals surface area contributed by atoms with Crippen LogP contribution in [0.5, 0.6) is 11.5 Å². The maximum atomic E-state index is 13.9. The van der Waals surface area contributed by atoms with E-state index in [0.29, 0.717) is 17.0 Å². The summed E-state index contributed by atoms with van der Waals surface area (Å²) < 4.78 is 10.5. The van der Waals surface area contributed by atoms with Crippen LogP contribution in [0.25, 0.3) is 0 Å². The van der Waals surface area contributed by atoms with Crippen molar-refractivity contribution >= 4 is 23.6 Å². The Morgan fingerprint density at radius 3 is 2.26 bits per heavy atom. The fourth-order valence-electron chi connectivity index (χ4n) is 3.74. The van der Waals surface area contributed by atoms with Crippen LogP contribution in [0.2, 0.25) is 0 Å². The van der Waals surface area contributed by atoms with E-state index >= 15 is 0 Å². The number of hydrogen-bond donors (Lipinski definition) is 3. The van der Waals surface area contributed by atoms with Gasteiger partial charge >= 0.3 is 6.09 Å². The number of aryl methyl sites for hydroxylation is 1. The minimum atomic E-state index is -1.38. The van der Waals surface area contributed by atoms with Crippen LogP contribution in [0.1, 0.15) is 51.8 Å². The summed E-state index contributed by atoms with van der Waals surface area (Å²) in [4.78, 5) is 41.1. The van der Waals surface area contributed by atoms with Crippen LogP contribution < -0.4 is 15.4 Å². The van der Waals surface area contributed by atoms with Gasteiger partial charge in [-0.3, -0.25) is 9.59 Å². The Morgan fingerprint density at radius 1 is 1.11 bits per heavy atom. The number of nitrogens with one attached hydrogen (secondary N) is 2. The van der Waals surface area contributed by atoms with E-state index in [1.54, 1.807) is 77.9 Å². The number of aromatic hydroxyl groups is 1. The topological polar surface area (TPSA) is 141 Å². The number of nitriles is 1. The van der Waals surface area contributed by atoms with Crippen molar-refractivity contribution in [3.63, 3.8) is 0 Å². The normalized spacial score (nSPS) is 12.6. The van der Waals surface area contributed by atoms with Crippen LogP contribution in [0, 0.1) is 24.2 Å². The van der Waals surface area contributed by atoms with Crippen LogP contribution in [0.3, 0.4) is 0 Å². The average molecular weight is 525 g/mol. The maximum absolute atomic E-state index is 13.9. The smallest absolute Gasteiger partial charge is 0.408 e. The predicted molar refractivity (Wildman–Crippen MR) is 143 cm³/mol. The molecule has 0 aliphatic carbocycles. The number of anilines is 1. The molecule has 0 fully saturated rings. The molecule has 0 radical (unpaired) electrons. The van der Waals surface area contributed by atoms with Gasteiger partial charge in [0.1, 0.15) is 35.7 Å². The molecule has 2 aromatic carbocycles. The zero-order chi connectivity index (χ0) is 28.6. The lowest BCUT2D eigenvalue weighted by molar-refractivity contribution is -0.141. The lowest BCUT2D eigenvalue weighted by Crippen LogP contribution is -2.54. The van der Waals surface area contributed by atoms with E-state index < -0.39 is 48.1 Å². The Labute approximate surface area is 223 Å². The third-order valence-electron chi connectivity index (χ3n) is 5.61. The SMILES string of the molecule is COc1ccc(NC(=O)C(c2cccc(C)c2O)N(CC#N)C(=O)C(NC(=O)OC(C)(C)C)C(C)C)cc1. The number of alkyl carbamates (subject to hydrolysis) is 1. The fraction of sp³-hybridized carbons (Fsp3) is 0.429. The number of benzene rings is 2. The molecule has 0 saturated carbocycles. The van der Waals surface area contributed by atoms with E-state index in [1.165, 1.54) is 13.2 Å². The molecule has 0 spiro atoms. The lowest BCUT2D eigenvalue weighted by atomic mass is 9.97. The molecular formula is C28H36N4O6. The number of methoxy groups -OCH3 is 1. The van der Waals surface area contributed by atoms with Gasteiger partial charge < -0.3 is 30.1 Å². The molecule has 38 heavy (non-hydrogen) atoms. The molecule has 0 saturated heterocycles. The fourth-order valence-corrected chi connectivity index (χ4v) is 3.74. The molecule has 10 heteroatoms. The molecule has 3 N–H and O–H groups in total. The van der Waals surface area contributed by atoms with Crippen molar-refractivity contribution in [1.82, 2.24) is 10.2 Å². The molecule has 0 bridgehead atoms. The van der Waals surface area contributed by atoms with Gasteiger partial charge in [-0.25, -0.2) is 4.79 Å². The minimum Gasteiger partial charge on any atom is -0.507 e. The molecule has 0 heterocycles. The van der Waals surface area contributed by atoms with Crippen LogP contribution in [-0.4, -0.2) is 53.2 Å². The summed E-state index contributed by atoms with van der Waals surface area (Å²) in [6, 6.07) is 10.8. The molecule has 204 valence electrons. The highest BCUT2D eigenvalue weighted by atomic mass is 16.6. The Balaban J connectivity index is 2.54. The highest BCUT2D eigenvalue weighted by Gasteiger charge is 2.38. The first-order chi connectivity index (χ1) is 17.8. The molecule has 2 atom stereocenters. The molecule has 10 nitrogen and oxygen atoms in total. The number of amides is 3. The standard InChI is InChI=1S/C28H36N4O6/c1-17(2)22(31-27(36)38-28(4,5)6)26(35)32(16-15-29)23(21-10-8-9-18(3)24(21)33)25(34)30-19-11-13-20(37-7)14-12-19/h8-14,17,22-23,33H,16H2,1-7H3,(H,30,34)(H,31,36). The first kappa shape index (κ1) is 30.0. The van der Waals surface area contributed by atoms with E-state index in [4.69, 9.17) is 9.47 Å². The summed E-state index contributed by atoms with van der Waals surface area (Å²) >= 11 is 0. The number of phenolic OH excluding ortho intramolecular Hbond substituents is 1. The Morgan fingerprint density at radius 2 is 1.74 bits per heavy atom. The molecule has 0 aromatic heterocycles. The summed E-state index contributed by atoms with van der Waals surface area (Å²) in [6.07, 6.45) is -0.806. The molecule has 2 rings (SSSR count). The van der Waals surface area contributed by atoms with Gasteiger partial charge in [0.2, 0.25) is 5.91 Å². The van der Waals surface area contributed by atoms with Crippen molar-refractivity contribution in [2.24, 2.45) is 5.92 Å². The van der Waals surface area contributed by atoms with Gasteiger partial charge in [0.25, 0.3) is 5.91 Å². The zero-order valence-corrected chi connectivity index (χ0v) is 22.9. The van der Waals surface area contributed by atoms with Gasteiger partial charge in [0.05, 0.1) is 13.2 Å². The van der Waals surface area contributed by atoms with Gasteiger partial charge in [-0.1, -0.05) is 32.0 Å². The highest BCUT2D eigenvalue weighted by Crippen LogP contribution is 2.33. The van der Waals surface area contributed by atoms with Gasteiger partial charge in [-0.05, 0) is 63.4 Å². The van der Waals surface area contributed by atoms with Crippen molar-refractivity contribution in [3.05, 3.63) is 53.6 Å². The number of phenols is 1. The van der Waals surface area contributed by atoms with Crippen LogP contribution >= 0.6 is 0 Å². The van der Waals surface area contributed by atoms with Crippen molar-refractivity contribution in [1.29, 1.82) is 5.26 Å². The number of carbonyl (C=O) groups is 3. The number of nitrogens with zero attached hydrogens (tertiary/aromatic N) is 2. The highest BCUT2D eigenvalue weighted by molar-refractivity contribution is 5.99.